The molecule has 2 saturated heterocycles. The maximum absolute atomic E-state index is 13.8. The standard InChI is InChI=1S/C24H26Cl2FN7/c1-15-4-3-9-34(15)24-30-20(17-5-6-19(27)18(25)12-17)13-21(31-24)33-11-10-32(14-16(33)2)23-22(26)28-7-8-29-23/h5-8,12-13,15-16H,3-4,9-11,14H2,1-2H3/t15-,16+/m0/s1. The molecule has 4 heterocycles. The predicted octanol–water partition coefficient (Wildman–Crippen LogP) is 5.08. The van der Waals surface area contributed by atoms with Crippen LogP contribution in [0.1, 0.15) is 26.7 Å². The van der Waals surface area contributed by atoms with E-state index in [1.54, 1.807) is 24.5 Å². The minimum Gasteiger partial charge on any atom is -0.350 e. The molecule has 3 aromatic rings. The molecule has 0 saturated carbocycles. The third kappa shape index (κ3) is 4.49. The maximum Gasteiger partial charge on any atom is 0.228 e. The Labute approximate surface area is 208 Å². The van der Waals surface area contributed by atoms with Crippen LogP contribution in [0, 0.1) is 5.82 Å². The number of hydrogen-bond acceptors (Lipinski definition) is 7. The first kappa shape index (κ1) is 23.1. The molecule has 0 amide bonds. The average molecular weight is 502 g/mol. The van der Waals surface area contributed by atoms with Gasteiger partial charge < -0.3 is 14.7 Å². The van der Waals surface area contributed by atoms with Crippen molar-refractivity contribution in [3.63, 3.8) is 0 Å². The Morgan fingerprint density at radius 3 is 2.47 bits per heavy atom. The second-order valence-corrected chi connectivity index (χ2v) is 9.65. The van der Waals surface area contributed by atoms with Gasteiger partial charge in [-0.1, -0.05) is 23.2 Å². The zero-order chi connectivity index (χ0) is 23.8. The third-order valence-corrected chi connectivity index (χ3v) is 7.14. The first-order chi connectivity index (χ1) is 16.4. The van der Waals surface area contributed by atoms with Gasteiger partial charge in [-0.2, -0.15) is 4.98 Å². The topological polar surface area (TPSA) is 61.3 Å². The van der Waals surface area contributed by atoms with Gasteiger partial charge in [-0.25, -0.2) is 19.3 Å². The first-order valence-corrected chi connectivity index (χ1v) is 12.3. The molecule has 10 heteroatoms. The lowest BCUT2D eigenvalue weighted by Crippen LogP contribution is -2.53. The van der Waals surface area contributed by atoms with Gasteiger partial charge in [0.2, 0.25) is 5.95 Å². The molecule has 2 aliphatic heterocycles. The number of benzene rings is 1. The Kier molecular flexibility index (Phi) is 6.44. The lowest BCUT2D eigenvalue weighted by molar-refractivity contribution is 0.541. The fourth-order valence-corrected chi connectivity index (χ4v) is 5.15. The van der Waals surface area contributed by atoms with Crippen LogP contribution in [0.15, 0.2) is 36.7 Å². The summed E-state index contributed by atoms with van der Waals surface area (Å²) < 4.78 is 13.8. The number of nitrogens with zero attached hydrogens (tertiary/aromatic N) is 7. The van der Waals surface area contributed by atoms with Crippen LogP contribution < -0.4 is 14.7 Å². The number of hydrogen-bond donors (Lipinski definition) is 0. The van der Waals surface area contributed by atoms with Gasteiger partial charge in [-0.15, -0.1) is 0 Å². The molecule has 0 spiro atoms. The fraction of sp³-hybridized carbons (Fsp3) is 0.417. The van der Waals surface area contributed by atoms with Crippen molar-refractivity contribution in [3.8, 4) is 11.3 Å². The Balaban J connectivity index is 1.49. The van der Waals surface area contributed by atoms with Crippen LogP contribution in [0.3, 0.4) is 0 Å². The van der Waals surface area contributed by atoms with Crippen LogP contribution in [0.2, 0.25) is 10.2 Å². The number of aromatic nitrogens is 4. The van der Waals surface area contributed by atoms with E-state index < -0.39 is 5.82 Å². The maximum atomic E-state index is 13.8. The van der Waals surface area contributed by atoms with E-state index in [1.165, 1.54) is 6.07 Å². The van der Waals surface area contributed by atoms with E-state index in [0.717, 1.165) is 56.1 Å². The summed E-state index contributed by atoms with van der Waals surface area (Å²) in [5.41, 5.74) is 1.49. The quantitative estimate of drug-likeness (QED) is 0.493. The van der Waals surface area contributed by atoms with Gasteiger partial charge in [0.1, 0.15) is 11.6 Å². The molecular weight excluding hydrogens is 476 g/mol. The van der Waals surface area contributed by atoms with Gasteiger partial charge >= 0.3 is 0 Å². The summed E-state index contributed by atoms with van der Waals surface area (Å²) in [6.45, 7) is 7.48. The Hall–Kier alpha value is -2.71. The van der Waals surface area contributed by atoms with Gasteiger partial charge in [0.15, 0.2) is 11.0 Å². The van der Waals surface area contributed by atoms with Gasteiger partial charge in [0.25, 0.3) is 0 Å². The van der Waals surface area contributed by atoms with Crippen LogP contribution in [-0.2, 0) is 0 Å². The molecule has 5 rings (SSSR count). The van der Waals surface area contributed by atoms with Gasteiger partial charge in [-0.3, -0.25) is 0 Å². The molecule has 2 aliphatic rings. The van der Waals surface area contributed by atoms with E-state index >= 15 is 0 Å². The normalized spacial score (nSPS) is 20.8. The Bertz CT molecular complexity index is 1190. The van der Waals surface area contributed by atoms with Gasteiger partial charge in [0.05, 0.1) is 10.7 Å². The molecule has 0 bridgehead atoms. The summed E-state index contributed by atoms with van der Waals surface area (Å²) >= 11 is 12.4. The Morgan fingerprint density at radius 1 is 0.941 bits per heavy atom. The zero-order valence-corrected chi connectivity index (χ0v) is 20.6. The molecule has 0 aliphatic carbocycles. The van der Waals surface area contributed by atoms with Crippen LogP contribution in [0.5, 0.6) is 0 Å². The zero-order valence-electron chi connectivity index (χ0n) is 19.1. The first-order valence-electron chi connectivity index (χ1n) is 11.5. The molecule has 34 heavy (non-hydrogen) atoms. The van der Waals surface area contributed by atoms with Crippen molar-refractivity contribution in [1.82, 2.24) is 19.9 Å². The highest BCUT2D eigenvalue weighted by atomic mass is 35.5. The van der Waals surface area contributed by atoms with Crippen molar-refractivity contribution in [2.75, 3.05) is 40.9 Å². The molecule has 1 aromatic carbocycles. The van der Waals surface area contributed by atoms with E-state index in [2.05, 4.69) is 38.5 Å². The molecular formula is C24H26Cl2FN7. The van der Waals surface area contributed by atoms with Crippen molar-refractivity contribution in [2.45, 2.75) is 38.8 Å². The highest BCUT2D eigenvalue weighted by Crippen LogP contribution is 2.32. The van der Waals surface area contributed by atoms with E-state index in [-0.39, 0.29) is 11.1 Å². The van der Waals surface area contributed by atoms with E-state index in [1.807, 2.05) is 6.07 Å². The van der Waals surface area contributed by atoms with Gasteiger partial charge in [-0.05, 0) is 44.9 Å². The minimum atomic E-state index is -0.444. The smallest absolute Gasteiger partial charge is 0.228 e. The molecule has 0 N–H and O–H groups in total. The van der Waals surface area contributed by atoms with Crippen molar-refractivity contribution >= 4 is 40.8 Å². The van der Waals surface area contributed by atoms with Gasteiger partial charge in [0, 0.05) is 62.3 Å². The highest BCUT2D eigenvalue weighted by molar-refractivity contribution is 6.31. The largest absolute Gasteiger partial charge is 0.350 e. The van der Waals surface area contributed by atoms with E-state index in [0.29, 0.717) is 23.0 Å². The van der Waals surface area contributed by atoms with E-state index in [9.17, 15) is 4.39 Å². The Morgan fingerprint density at radius 2 is 1.76 bits per heavy atom. The van der Waals surface area contributed by atoms with Crippen molar-refractivity contribution in [2.24, 2.45) is 0 Å². The third-order valence-electron chi connectivity index (χ3n) is 6.58. The van der Waals surface area contributed by atoms with Crippen LogP contribution in [0.25, 0.3) is 11.3 Å². The molecule has 2 fully saturated rings. The summed E-state index contributed by atoms with van der Waals surface area (Å²) in [5, 5.41) is 0.488. The van der Waals surface area contributed by atoms with Crippen molar-refractivity contribution in [3.05, 3.63) is 52.7 Å². The molecule has 0 unspecified atom stereocenters. The molecule has 2 aromatic heterocycles. The molecule has 0 radical (unpaired) electrons. The summed E-state index contributed by atoms with van der Waals surface area (Å²) in [6, 6.07) is 7.20. The predicted molar refractivity (Wildman–Crippen MR) is 135 cm³/mol. The minimum absolute atomic E-state index is 0.0802. The molecule has 2 atom stereocenters. The molecule has 178 valence electrons. The summed E-state index contributed by atoms with van der Waals surface area (Å²) in [4.78, 5) is 25.1. The van der Waals surface area contributed by atoms with Crippen molar-refractivity contribution in [1.29, 1.82) is 0 Å². The summed E-state index contributed by atoms with van der Waals surface area (Å²) in [7, 11) is 0. The fourth-order valence-electron chi connectivity index (χ4n) is 4.75. The summed E-state index contributed by atoms with van der Waals surface area (Å²) in [5.74, 6) is 1.80. The second-order valence-electron chi connectivity index (χ2n) is 8.88. The number of rotatable bonds is 4. The highest BCUT2D eigenvalue weighted by Gasteiger charge is 2.29. The molecule has 7 nitrogen and oxygen atoms in total. The van der Waals surface area contributed by atoms with Crippen molar-refractivity contribution < 1.29 is 4.39 Å². The average Bonchev–Trinajstić information content (AvgIpc) is 3.26. The van der Waals surface area contributed by atoms with Crippen LogP contribution >= 0.6 is 23.2 Å². The van der Waals surface area contributed by atoms with Crippen LogP contribution in [-0.4, -0.2) is 58.2 Å². The summed E-state index contributed by atoms with van der Waals surface area (Å²) in [6.07, 6.45) is 5.47. The number of anilines is 3. The monoisotopic (exact) mass is 501 g/mol. The lowest BCUT2D eigenvalue weighted by atomic mass is 10.1. The van der Waals surface area contributed by atoms with Crippen LogP contribution in [0.4, 0.5) is 22.0 Å². The second kappa shape index (κ2) is 9.50. The van der Waals surface area contributed by atoms with E-state index in [4.69, 9.17) is 33.2 Å². The number of piperazine rings is 1. The SMILES string of the molecule is C[C@@H]1CN(c2nccnc2Cl)CCN1c1cc(-c2ccc(F)c(Cl)c2)nc(N2CCC[C@@H]2C)n1. The lowest BCUT2D eigenvalue weighted by Gasteiger charge is -2.41. The number of halogens is 3.